The molecule has 0 saturated carbocycles. The van der Waals surface area contributed by atoms with Crippen molar-refractivity contribution in [1.29, 1.82) is 0 Å². The van der Waals surface area contributed by atoms with Gasteiger partial charge in [0, 0.05) is 11.8 Å². The van der Waals surface area contributed by atoms with Gasteiger partial charge in [-0.3, -0.25) is 15.1 Å². The van der Waals surface area contributed by atoms with E-state index in [1.807, 2.05) is 13.0 Å². The number of nitro groups is 1. The molecule has 0 bridgehead atoms. The Morgan fingerprint density at radius 3 is 2.88 bits per heavy atom. The molecule has 8 heteroatoms. The maximum Gasteiger partial charge on any atom is 0.315 e. The van der Waals surface area contributed by atoms with E-state index in [9.17, 15) is 15.2 Å². The molecule has 0 aliphatic carbocycles. The second kappa shape index (κ2) is 5.99. The van der Waals surface area contributed by atoms with Crippen molar-refractivity contribution in [1.82, 2.24) is 9.97 Å². The average Bonchev–Trinajstić information content (AvgIpc) is 2.92. The van der Waals surface area contributed by atoms with Crippen LogP contribution in [0.25, 0.3) is 11.0 Å². The molecular formula is C16H14N4O4. The van der Waals surface area contributed by atoms with Crippen LogP contribution in [-0.2, 0) is 0 Å². The maximum absolute atomic E-state index is 11.0. The Bertz CT molecular complexity index is 962. The monoisotopic (exact) mass is 326 g/mol. The van der Waals surface area contributed by atoms with Crippen LogP contribution in [0.4, 0.5) is 11.4 Å². The van der Waals surface area contributed by atoms with Crippen LogP contribution in [0.2, 0.25) is 0 Å². The Labute approximate surface area is 136 Å². The number of aromatic amines is 1. The van der Waals surface area contributed by atoms with Crippen molar-refractivity contribution in [3.63, 3.8) is 0 Å². The van der Waals surface area contributed by atoms with E-state index in [1.165, 1.54) is 19.4 Å². The molecule has 0 amide bonds. The van der Waals surface area contributed by atoms with Gasteiger partial charge < -0.3 is 14.8 Å². The number of phenols is 1. The number of aromatic hydroxyl groups is 1. The lowest BCUT2D eigenvalue weighted by Crippen LogP contribution is -1.94. The summed E-state index contributed by atoms with van der Waals surface area (Å²) in [4.78, 5) is 22.0. The molecule has 0 aliphatic rings. The van der Waals surface area contributed by atoms with Gasteiger partial charge in [-0.25, -0.2) is 4.98 Å². The number of nitrogens with zero attached hydrogens (tertiary/aromatic N) is 3. The van der Waals surface area contributed by atoms with Crippen LogP contribution in [-0.4, -0.2) is 33.3 Å². The summed E-state index contributed by atoms with van der Waals surface area (Å²) in [6.07, 6.45) is 1.36. The minimum Gasteiger partial charge on any atom is -0.502 e. The third-order valence-corrected chi connectivity index (χ3v) is 3.46. The fourth-order valence-corrected chi connectivity index (χ4v) is 2.32. The van der Waals surface area contributed by atoms with Crippen molar-refractivity contribution in [2.24, 2.45) is 4.99 Å². The van der Waals surface area contributed by atoms with E-state index < -0.39 is 16.4 Å². The zero-order valence-electron chi connectivity index (χ0n) is 13.0. The van der Waals surface area contributed by atoms with E-state index in [0.717, 1.165) is 22.9 Å². The predicted octanol–water partition coefficient (Wildman–Crippen LogP) is 3.24. The number of nitro benzene ring substituents is 1. The quantitative estimate of drug-likeness (QED) is 0.434. The van der Waals surface area contributed by atoms with Gasteiger partial charge in [-0.15, -0.1) is 0 Å². The predicted molar refractivity (Wildman–Crippen MR) is 89.4 cm³/mol. The molecule has 2 N–H and O–H groups in total. The number of methoxy groups -OCH3 is 1. The zero-order chi connectivity index (χ0) is 17.3. The molecule has 1 aromatic heterocycles. The first kappa shape index (κ1) is 15.5. The number of rotatable bonds is 4. The van der Waals surface area contributed by atoms with E-state index in [-0.39, 0.29) is 11.3 Å². The topological polar surface area (TPSA) is 114 Å². The van der Waals surface area contributed by atoms with Crippen LogP contribution >= 0.6 is 0 Å². The Hall–Kier alpha value is -3.42. The number of phenolic OH excluding ortho intramolecular Hbond substituents is 1. The number of aliphatic imine (C=N–C) groups is 1. The number of ether oxygens (including phenoxy) is 1. The summed E-state index contributed by atoms with van der Waals surface area (Å²) >= 11 is 0. The molecule has 0 saturated heterocycles. The second-order valence-corrected chi connectivity index (χ2v) is 5.12. The lowest BCUT2D eigenvalue weighted by Gasteiger charge is -2.04. The molecule has 0 radical (unpaired) electrons. The minimum absolute atomic E-state index is 0.196. The summed E-state index contributed by atoms with van der Waals surface area (Å²) in [5, 5.41) is 21.0. The summed E-state index contributed by atoms with van der Waals surface area (Å²) in [5.74, 6) is 0.607. The van der Waals surface area contributed by atoms with Crippen LogP contribution in [0.3, 0.4) is 0 Å². The summed E-state index contributed by atoms with van der Waals surface area (Å²) in [6.45, 7) is 1.86. The highest BCUT2D eigenvalue weighted by atomic mass is 16.6. The van der Waals surface area contributed by atoms with Crippen LogP contribution in [0.5, 0.6) is 11.5 Å². The molecule has 0 spiro atoms. The van der Waals surface area contributed by atoms with E-state index in [4.69, 9.17) is 4.74 Å². The number of hydrogen-bond acceptors (Lipinski definition) is 6. The lowest BCUT2D eigenvalue weighted by atomic mass is 10.1. The SMILES string of the molecule is COc1cc(C=Nc2ccc3nc(C)[nH]c3c2)c(O)c([N+](=O)[O-])c1. The zero-order valence-corrected chi connectivity index (χ0v) is 13.0. The Kier molecular flexibility index (Phi) is 3.87. The average molecular weight is 326 g/mol. The number of fused-ring (bicyclic) bond motifs is 1. The van der Waals surface area contributed by atoms with Gasteiger partial charge in [0.15, 0.2) is 0 Å². The summed E-state index contributed by atoms with van der Waals surface area (Å²) in [7, 11) is 1.39. The van der Waals surface area contributed by atoms with Gasteiger partial charge in [0.25, 0.3) is 0 Å². The summed E-state index contributed by atoms with van der Waals surface area (Å²) in [5.41, 5.74) is 2.04. The number of aryl methyl sites for hydroxylation is 1. The van der Waals surface area contributed by atoms with Crippen molar-refractivity contribution in [2.45, 2.75) is 6.92 Å². The highest BCUT2D eigenvalue weighted by Crippen LogP contribution is 2.33. The smallest absolute Gasteiger partial charge is 0.315 e. The molecule has 0 atom stereocenters. The fraction of sp³-hybridized carbons (Fsp3) is 0.125. The van der Waals surface area contributed by atoms with E-state index in [1.54, 1.807) is 12.1 Å². The third-order valence-electron chi connectivity index (χ3n) is 3.46. The highest BCUT2D eigenvalue weighted by molar-refractivity contribution is 5.89. The van der Waals surface area contributed by atoms with Crippen molar-refractivity contribution < 1.29 is 14.8 Å². The number of benzene rings is 2. The number of H-pyrrole nitrogens is 1. The van der Waals surface area contributed by atoms with Gasteiger partial charge in [-0.2, -0.15) is 0 Å². The Balaban J connectivity index is 2.00. The molecule has 0 unspecified atom stereocenters. The van der Waals surface area contributed by atoms with Gasteiger partial charge in [-0.05, 0) is 31.2 Å². The molecule has 2 aromatic carbocycles. The van der Waals surface area contributed by atoms with Crippen LogP contribution in [0, 0.1) is 17.0 Å². The first-order valence-corrected chi connectivity index (χ1v) is 7.04. The van der Waals surface area contributed by atoms with E-state index in [0.29, 0.717) is 5.69 Å². The lowest BCUT2D eigenvalue weighted by molar-refractivity contribution is -0.385. The van der Waals surface area contributed by atoms with Gasteiger partial charge in [-0.1, -0.05) is 0 Å². The normalized spacial score (nSPS) is 11.2. The maximum atomic E-state index is 11.0. The minimum atomic E-state index is -0.672. The third kappa shape index (κ3) is 2.89. The molecule has 1 heterocycles. The van der Waals surface area contributed by atoms with Crippen molar-refractivity contribution in [3.8, 4) is 11.5 Å². The van der Waals surface area contributed by atoms with Crippen molar-refractivity contribution in [2.75, 3.05) is 7.11 Å². The summed E-state index contributed by atoms with van der Waals surface area (Å²) < 4.78 is 5.02. The van der Waals surface area contributed by atoms with Gasteiger partial charge in [0.1, 0.15) is 11.6 Å². The Morgan fingerprint density at radius 1 is 1.38 bits per heavy atom. The summed E-state index contributed by atoms with van der Waals surface area (Å²) in [6, 6.07) is 8.03. The highest BCUT2D eigenvalue weighted by Gasteiger charge is 2.18. The standard InChI is InChI=1S/C16H14N4O4/c1-9-18-13-4-3-11(6-14(13)19-9)17-8-10-5-12(24-2)7-15(16(10)21)20(22)23/h3-8,21H,1-2H3,(H,18,19). The van der Waals surface area contributed by atoms with Gasteiger partial charge >= 0.3 is 5.69 Å². The molecule has 8 nitrogen and oxygen atoms in total. The molecule has 122 valence electrons. The molecular weight excluding hydrogens is 312 g/mol. The molecule has 3 aromatic rings. The molecule has 0 aliphatic heterocycles. The number of hydrogen-bond donors (Lipinski definition) is 2. The van der Waals surface area contributed by atoms with Crippen LogP contribution in [0.1, 0.15) is 11.4 Å². The van der Waals surface area contributed by atoms with E-state index in [2.05, 4.69) is 15.0 Å². The van der Waals surface area contributed by atoms with Gasteiger partial charge in [0.05, 0.1) is 34.8 Å². The fourth-order valence-electron chi connectivity index (χ4n) is 2.32. The molecule has 3 rings (SSSR count). The number of aromatic nitrogens is 2. The number of nitrogens with one attached hydrogen (secondary N) is 1. The Morgan fingerprint density at radius 2 is 2.17 bits per heavy atom. The van der Waals surface area contributed by atoms with Crippen molar-refractivity contribution in [3.05, 3.63) is 51.8 Å². The first-order chi connectivity index (χ1) is 11.5. The largest absolute Gasteiger partial charge is 0.502 e. The van der Waals surface area contributed by atoms with Crippen molar-refractivity contribution >= 4 is 28.6 Å². The van der Waals surface area contributed by atoms with Crippen LogP contribution in [0.15, 0.2) is 35.3 Å². The number of imidazole rings is 1. The van der Waals surface area contributed by atoms with Crippen LogP contribution < -0.4 is 4.74 Å². The second-order valence-electron chi connectivity index (χ2n) is 5.12. The van der Waals surface area contributed by atoms with Gasteiger partial charge in [0.2, 0.25) is 5.75 Å². The first-order valence-electron chi connectivity index (χ1n) is 7.04. The van der Waals surface area contributed by atoms with E-state index >= 15 is 0 Å². The molecule has 0 fully saturated rings. The molecule has 24 heavy (non-hydrogen) atoms.